The largest absolute Gasteiger partial charge is 0.490 e. The Morgan fingerprint density at radius 1 is 1.15 bits per heavy atom. The first kappa shape index (κ1) is 29.7. The van der Waals surface area contributed by atoms with Crippen LogP contribution < -0.4 is 11.2 Å². The molecule has 0 bridgehead atoms. The lowest BCUT2D eigenvalue weighted by atomic mass is 10.1. The molecule has 0 fully saturated rings. The third-order valence-corrected chi connectivity index (χ3v) is 7.61. The summed E-state index contributed by atoms with van der Waals surface area (Å²) in [4.78, 5) is 55.4. The number of ether oxygens (including phenoxy) is 2. The van der Waals surface area contributed by atoms with Gasteiger partial charge in [-0.05, 0) is 31.9 Å². The molecule has 1 atom stereocenters. The number of aryl methyl sites for hydroxylation is 1. The van der Waals surface area contributed by atoms with Crippen LogP contribution in [-0.4, -0.2) is 50.6 Å². The molecule has 0 aliphatic rings. The van der Waals surface area contributed by atoms with Crippen molar-refractivity contribution in [3.05, 3.63) is 74.8 Å². The van der Waals surface area contributed by atoms with Crippen LogP contribution in [0.4, 0.5) is 13.2 Å². The second kappa shape index (κ2) is 11.3. The number of carbonyl (C=O) groups is 2. The third kappa shape index (κ3) is 5.81. The van der Waals surface area contributed by atoms with E-state index in [0.29, 0.717) is 20.6 Å². The Labute approximate surface area is 233 Å². The number of hydrogen-bond acceptors (Lipinski definition) is 9. The lowest BCUT2D eigenvalue weighted by molar-refractivity contribution is -0.201. The van der Waals surface area contributed by atoms with Gasteiger partial charge in [0.2, 0.25) is 5.89 Å². The normalized spacial score (nSPS) is 12.9. The highest BCUT2D eigenvalue weighted by molar-refractivity contribution is 7.22. The zero-order chi connectivity index (χ0) is 30.1. The van der Waals surface area contributed by atoms with Crippen molar-refractivity contribution in [2.24, 2.45) is 0 Å². The molecule has 1 N–H and O–H groups in total. The molecule has 3 aromatic heterocycles. The summed E-state index contributed by atoms with van der Waals surface area (Å²) in [5.74, 6) is -3.61. The number of alkyl halides is 3. The number of fused-ring (bicyclic) bond motifs is 1. The van der Waals surface area contributed by atoms with Gasteiger partial charge in [-0.15, -0.1) is 11.3 Å². The van der Waals surface area contributed by atoms with Crippen LogP contribution in [0.1, 0.15) is 31.1 Å². The summed E-state index contributed by atoms with van der Waals surface area (Å²) in [6, 6.07) is 8.39. The van der Waals surface area contributed by atoms with Crippen LogP contribution in [0.15, 0.2) is 56.8 Å². The molecule has 0 saturated heterocycles. The molecule has 0 unspecified atom stereocenters. The smallest absolute Gasteiger partial charge is 0.480 e. The Balaban J connectivity index is 1.85. The number of esters is 1. The van der Waals surface area contributed by atoms with Crippen molar-refractivity contribution in [2.75, 3.05) is 13.2 Å². The number of carboxylic acid groups (broad SMARTS) is 1. The Bertz CT molecular complexity index is 1690. The Morgan fingerprint density at radius 3 is 2.41 bits per heavy atom. The van der Waals surface area contributed by atoms with Gasteiger partial charge in [-0.2, -0.15) is 13.2 Å². The minimum absolute atomic E-state index is 0.0723. The molecule has 4 aromatic rings. The van der Waals surface area contributed by atoms with Crippen molar-refractivity contribution in [1.82, 2.24) is 14.1 Å². The molecule has 0 amide bonds. The molecule has 0 spiro atoms. The van der Waals surface area contributed by atoms with Gasteiger partial charge in [-0.3, -0.25) is 9.36 Å². The number of oxazole rings is 1. The predicted molar refractivity (Wildman–Crippen MR) is 140 cm³/mol. The summed E-state index contributed by atoms with van der Waals surface area (Å²) in [7, 11) is 0. The second-order valence-electron chi connectivity index (χ2n) is 9.38. The molecule has 1 aromatic carbocycles. The van der Waals surface area contributed by atoms with E-state index in [4.69, 9.17) is 9.15 Å². The molecule has 15 heteroatoms. The summed E-state index contributed by atoms with van der Waals surface area (Å²) >= 11 is 1.03. The van der Waals surface area contributed by atoms with Crippen LogP contribution in [0.25, 0.3) is 21.0 Å². The minimum Gasteiger partial charge on any atom is -0.480 e. The Kier molecular flexibility index (Phi) is 8.22. The summed E-state index contributed by atoms with van der Waals surface area (Å²) in [6.07, 6.45) is -3.40. The molecule has 3 heterocycles. The van der Waals surface area contributed by atoms with E-state index in [-0.39, 0.29) is 22.7 Å². The van der Waals surface area contributed by atoms with Gasteiger partial charge in [-0.25, -0.2) is 23.9 Å². The van der Waals surface area contributed by atoms with Crippen molar-refractivity contribution in [2.45, 2.75) is 45.1 Å². The second-order valence-corrected chi connectivity index (χ2v) is 10.4. The van der Waals surface area contributed by atoms with Crippen LogP contribution in [0.5, 0.6) is 0 Å². The fourth-order valence-electron chi connectivity index (χ4n) is 4.13. The SMILES string of the molecule is Cc1c(-c2ncco2)sc2c1c(=O)n(C(C)(C)C(=O)O)c(=O)n2C[C@H](OCCOC(=O)C(F)(F)F)c1ccccc1. The molecule has 0 aliphatic heterocycles. The fourth-order valence-corrected chi connectivity index (χ4v) is 5.37. The molecule has 41 heavy (non-hydrogen) atoms. The van der Waals surface area contributed by atoms with Gasteiger partial charge in [0.05, 0.1) is 29.6 Å². The van der Waals surface area contributed by atoms with Crippen molar-refractivity contribution >= 4 is 33.5 Å². The number of nitrogens with zero attached hydrogens (tertiary/aromatic N) is 3. The van der Waals surface area contributed by atoms with Crippen molar-refractivity contribution in [3.63, 3.8) is 0 Å². The molecular formula is C26H24F3N3O8S. The van der Waals surface area contributed by atoms with Gasteiger partial charge in [0, 0.05) is 0 Å². The van der Waals surface area contributed by atoms with E-state index in [2.05, 4.69) is 9.72 Å². The number of aromatic nitrogens is 3. The van der Waals surface area contributed by atoms with Gasteiger partial charge >= 0.3 is 23.8 Å². The average molecular weight is 596 g/mol. The average Bonchev–Trinajstić information content (AvgIpc) is 3.55. The van der Waals surface area contributed by atoms with Gasteiger partial charge < -0.3 is 19.0 Å². The minimum atomic E-state index is -5.17. The number of hydrogen-bond donors (Lipinski definition) is 1. The number of halogens is 3. The van der Waals surface area contributed by atoms with E-state index in [9.17, 15) is 37.5 Å². The molecule has 11 nitrogen and oxygen atoms in total. The van der Waals surface area contributed by atoms with E-state index in [1.165, 1.54) is 30.9 Å². The number of aliphatic carboxylic acids is 1. The maximum atomic E-state index is 13.8. The van der Waals surface area contributed by atoms with Crippen LogP contribution >= 0.6 is 11.3 Å². The quantitative estimate of drug-likeness (QED) is 0.214. The predicted octanol–water partition coefficient (Wildman–Crippen LogP) is 3.87. The fraction of sp³-hybridized carbons (Fsp3) is 0.346. The summed E-state index contributed by atoms with van der Waals surface area (Å²) in [6.45, 7) is 2.60. The number of thiophene rings is 1. The van der Waals surface area contributed by atoms with Crippen LogP contribution in [0.2, 0.25) is 0 Å². The topological polar surface area (TPSA) is 143 Å². The highest BCUT2D eigenvalue weighted by Crippen LogP contribution is 2.36. The van der Waals surface area contributed by atoms with Crippen LogP contribution in [0.3, 0.4) is 0 Å². The Hall–Kier alpha value is -4.24. The number of rotatable bonds is 10. The number of benzene rings is 1. The lowest BCUT2D eigenvalue weighted by Gasteiger charge is -2.25. The van der Waals surface area contributed by atoms with E-state index in [1.54, 1.807) is 37.3 Å². The van der Waals surface area contributed by atoms with Crippen molar-refractivity contribution < 1.29 is 41.8 Å². The van der Waals surface area contributed by atoms with Crippen molar-refractivity contribution in [1.29, 1.82) is 0 Å². The number of carboxylic acids is 1. The first-order valence-electron chi connectivity index (χ1n) is 12.1. The highest BCUT2D eigenvalue weighted by atomic mass is 32.1. The molecule has 0 saturated carbocycles. The summed E-state index contributed by atoms with van der Waals surface area (Å²) in [5, 5.41) is 9.93. The van der Waals surface area contributed by atoms with E-state index >= 15 is 0 Å². The monoisotopic (exact) mass is 595 g/mol. The standard InChI is InChI=1S/C26H24F3N3O8S/c1-14-17-20(33)32(25(2,3)22(34)35)24(37)31(21(17)41-18(14)19-30-9-10-39-19)13-16(15-7-5-4-6-8-15)38-11-12-40-23(36)26(27,28)29/h4-10,16H,11-13H2,1-3H3,(H,34,35)/t16-/m0/s1. The van der Waals surface area contributed by atoms with Crippen LogP contribution in [-0.2, 0) is 31.1 Å². The van der Waals surface area contributed by atoms with Gasteiger partial charge in [0.25, 0.3) is 5.56 Å². The van der Waals surface area contributed by atoms with Gasteiger partial charge in [0.1, 0.15) is 29.3 Å². The van der Waals surface area contributed by atoms with Gasteiger partial charge in [-0.1, -0.05) is 30.3 Å². The van der Waals surface area contributed by atoms with E-state index < -0.39 is 54.2 Å². The van der Waals surface area contributed by atoms with Gasteiger partial charge in [0.15, 0.2) is 0 Å². The molecule has 0 radical (unpaired) electrons. The zero-order valence-corrected chi connectivity index (χ0v) is 22.7. The molecular weight excluding hydrogens is 571 g/mol. The Morgan fingerprint density at radius 2 is 1.83 bits per heavy atom. The first-order valence-corrected chi connectivity index (χ1v) is 12.9. The third-order valence-electron chi connectivity index (χ3n) is 6.31. The molecule has 218 valence electrons. The summed E-state index contributed by atoms with van der Waals surface area (Å²) < 4.78 is 54.7. The molecule has 0 aliphatic carbocycles. The summed E-state index contributed by atoms with van der Waals surface area (Å²) in [5.41, 5.74) is -2.78. The maximum absolute atomic E-state index is 13.8. The van der Waals surface area contributed by atoms with Crippen molar-refractivity contribution in [3.8, 4) is 10.8 Å². The van der Waals surface area contributed by atoms with E-state index in [0.717, 1.165) is 11.3 Å². The maximum Gasteiger partial charge on any atom is 0.490 e. The first-order chi connectivity index (χ1) is 19.2. The number of carbonyl (C=O) groups excluding carboxylic acids is 1. The highest BCUT2D eigenvalue weighted by Gasteiger charge is 2.41. The van der Waals surface area contributed by atoms with E-state index in [1.807, 2.05) is 0 Å². The molecule has 4 rings (SSSR count). The zero-order valence-electron chi connectivity index (χ0n) is 21.9. The van der Waals surface area contributed by atoms with Crippen LogP contribution in [0, 0.1) is 6.92 Å². The lowest BCUT2D eigenvalue weighted by Crippen LogP contribution is -2.52.